The van der Waals surface area contributed by atoms with Crippen molar-refractivity contribution in [2.24, 2.45) is 0 Å². The Morgan fingerprint density at radius 1 is 0.706 bits per heavy atom. The molecule has 0 rings (SSSR count). The molecular weight excluding hydrogens is 281 g/mol. The van der Waals surface area contributed by atoms with Crippen LogP contribution in [0, 0.1) is 30.3 Å². The summed E-state index contributed by atoms with van der Waals surface area (Å²) in [6.07, 6.45) is 0. The van der Waals surface area contributed by atoms with E-state index in [0.29, 0.717) is 0 Å². The summed E-state index contributed by atoms with van der Waals surface area (Å²) in [5.41, 5.74) is 0. The van der Waals surface area contributed by atoms with E-state index in [0.717, 1.165) is 0 Å². The molecule has 17 heteroatoms. The number of nitrogens with zero attached hydrogens (tertiary/aromatic N) is 3. The molecule has 0 amide bonds. The van der Waals surface area contributed by atoms with Crippen LogP contribution in [0.2, 0.25) is 0 Å². The Bertz CT molecular complexity index is 213. The van der Waals surface area contributed by atoms with Gasteiger partial charge in [0.2, 0.25) is 0 Å². The molecule has 0 saturated carbocycles. The van der Waals surface area contributed by atoms with Gasteiger partial charge in [-0.05, 0) is 0 Å². The molecule has 0 bridgehead atoms. The van der Waals surface area contributed by atoms with Crippen molar-refractivity contribution >= 4 is 7.82 Å². The molecule has 0 unspecified atom stereocenters. The first-order valence-corrected chi connectivity index (χ1v) is 4.04. The van der Waals surface area contributed by atoms with Gasteiger partial charge in [-0.15, -0.1) is 30.3 Å². The predicted octanol–water partition coefficient (Wildman–Crippen LogP) is -1.97. The van der Waals surface area contributed by atoms with E-state index >= 15 is 0 Å². The van der Waals surface area contributed by atoms with Crippen molar-refractivity contribution in [3.8, 4) is 0 Å². The molecule has 16 nitrogen and oxygen atoms in total. The van der Waals surface area contributed by atoms with E-state index in [1.165, 1.54) is 0 Å². The van der Waals surface area contributed by atoms with Crippen molar-refractivity contribution in [1.29, 1.82) is 0 Å². The fourth-order valence-corrected chi connectivity index (χ4v) is 0. The van der Waals surface area contributed by atoms with Gasteiger partial charge in [0.15, 0.2) is 0 Å². The van der Waals surface area contributed by atoms with E-state index in [1.54, 1.807) is 0 Å². The molecule has 0 aliphatic rings. The van der Waals surface area contributed by atoms with Crippen LogP contribution in [0.4, 0.5) is 0 Å². The second kappa shape index (κ2) is 13.7. The highest BCUT2D eigenvalue weighted by molar-refractivity contribution is 7.45. The minimum Gasteiger partial charge on any atom is -0.328 e. The maximum absolute atomic E-state index is 8.88. The Hall–Kier alpha value is -2.29. The van der Waals surface area contributed by atoms with Crippen LogP contribution in [-0.2, 0) is 4.57 Å². The summed E-state index contributed by atoms with van der Waals surface area (Å²) in [6, 6.07) is 0. The van der Waals surface area contributed by atoms with Crippen molar-refractivity contribution in [1.82, 2.24) is 0 Å². The van der Waals surface area contributed by atoms with Crippen LogP contribution < -0.4 is 0 Å². The van der Waals surface area contributed by atoms with Crippen LogP contribution >= 0.6 is 7.82 Å². The molecule has 0 aliphatic carbocycles. The number of hydrogen-bond acceptors (Lipinski definition) is 7. The standard InChI is InChI=1S/3HNO3.H3O4P/c3*2-1(3)4;1-5(2,3)4/h3*(H,2,3,4);(H3,1,2,3,4). The van der Waals surface area contributed by atoms with E-state index in [-0.39, 0.29) is 0 Å². The molecule has 0 atom stereocenters. The van der Waals surface area contributed by atoms with E-state index in [4.69, 9.17) is 65.2 Å². The summed E-state index contributed by atoms with van der Waals surface area (Å²) < 4.78 is 8.88. The third-order valence-electron chi connectivity index (χ3n) is 0. The fraction of sp³-hybridized carbons (Fsp3) is 0. The van der Waals surface area contributed by atoms with Gasteiger partial charge in [-0.2, -0.15) is 0 Å². The van der Waals surface area contributed by atoms with Crippen molar-refractivity contribution in [2.75, 3.05) is 0 Å². The summed E-state index contributed by atoms with van der Waals surface area (Å²) >= 11 is 0. The lowest BCUT2D eigenvalue weighted by atomic mass is 13.1. The highest BCUT2D eigenvalue weighted by Gasteiger charge is 2.00. The average Bonchev–Trinajstić information content (AvgIpc) is 1.73. The van der Waals surface area contributed by atoms with Gasteiger partial charge in [0.1, 0.15) is 0 Å². The smallest absolute Gasteiger partial charge is 0.328 e. The van der Waals surface area contributed by atoms with Crippen LogP contribution in [0.15, 0.2) is 0 Å². The average molecular weight is 287 g/mol. The summed E-state index contributed by atoms with van der Waals surface area (Å²) in [5.74, 6) is 0. The van der Waals surface area contributed by atoms with Gasteiger partial charge in [0.25, 0.3) is 15.3 Å². The third-order valence-corrected chi connectivity index (χ3v) is 0. The zero-order valence-corrected chi connectivity index (χ0v) is 8.22. The SMILES string of the molecule is O=P(O)(O)O.O=[N+]([O-])O.O=[N+]([O-])O.O=[N+]([O-])O. The van der Waals surface area contributed by atoms with Gasteiger partial charge in [-0.3, -0.25) is 0 Å². The lowest BCUT2D eigenvalue weighted by Crippen LogP contribution is -1.81. The van der Waals surface area contributed by atoms with Crippen molar-refractivity contribution in [3.05, 3.63) is 30.3 Å². The normalized spacial score (nSPS) is 7.71. The highest BCUT2D eigenvalue weighted by atomic mass is 31.2. The van der Waals surface area contributed by atoms with Crippen molar-refractivity contribution in [3.63, 3.8) is 0 Å². The monoisotopic (exact) mass is 287 g/mol. The Kier molecular flexibility index (Phi) is 19.4. The van der Waals surface area contributed by atoms with Gasteiger partial charge >= 0.3 is 7.82 Å². The summed E-state index contributed by atoms with van der Waals surface area (Å²) in [5, 5.41) is 40.9. The second-order valence-corrected chi connectivity index (χ2v) is 2.25. The molecular formula is H6N3O13P. The zero-order chi connectivity index (χ0) is 15.2. The van der Waals surface area contributed by atoms with Gasteiger partial charge in [0.05, 0.1) is 0 Å². The maximum atomic E-state index is 8.88. The lowest BCUT2D eigenvalue weighted by molar-refractivity contribution is -0.742. The molecule has 0 aliphatic heterocycles. The fourth-order valence-electron chi connectivity index (χ4n) is 0. The first-order valence-electron chi connectivity index (χ1n) is 2.48. The van der Waals surface area contributed by atoms with Crippen molar-refractivity contribution in [2.45, 2.75) is 0 Å². The topological polar surface area (TPSA) is 268 Å². The molecule has 6 N–H and O–H groups in total. The Morgan fingerprint density at radius 3 is 0.706 bits per heavy atom. The third kappa shape index (κ3) is 358. The van der Waals surface area contributed by atoms with Crippen LogP contribution in [0.1, 0.15) is 0 Å². The molecule has 0 spiro atoms. The van der Waals surface area contributed by atoms with Crippen LogP contribution in [-0.4, -0.2) is 45.6 Å². The van der Waals surface area contributed by atoms with Gasteiger partial charge < -0.3 is 30.3 Å². The molecule has 0 heterocycles. The van der Waals surface area contributed by atoms with Crippen LogP contribution in [0.5, 0.6) is 0 Å². The molecule has 0 radical (unpaired) electrons. The molecule has 104 valence electrons. The Balaban J connectivity index is -0.0000000667. The van der Waals surface area contributed by atoms with E-state index in [9.17, 15) is 0 Å². The first kappa shape index (κ1) is 24.1. The van der Waals surface area contributed by atoms with E-state index < -0.39 is 23.1 Å². The van der Waals surface area contributed by atoms with E-state index in [1.807, 2.05) is 0 Å². The molecule has 0 aromatic carbocycles. The zero-order valence-electron chi connectivity index (χ0n) is 7.33. The van der Waals surface area contributed by atoms with Gasteiger partial charge in [-0.1, -0.05) is 0 Å². The minimum absolute atomic E-state index is 1.50. The quantitative estimate of drug-likeness (QED) is 0.160. The lowest BCUT2D eigenvalue weighted by Gasteiger charge is -1.82. The number of rotatable bonds is 0. The molecule has 0 aromatic rings. The molecule has 0 saturated heterocycles. The highest BCUT2D eigenvalue weighted by Crippen LogP contribution is 2.25. The van der Waals surface area contributed by atoms with Crippen molar-refractivity contribution < 1.29 is 50.1 Å². The predicted molar refractivity (Wildman–Crippen MR) is 40.6 cm³/mol. The maximum Gasteiger partial charge on any atom is 0.466 e. The Labute approximate surface area is 89.5 Å². The summed E-state index contributed by atoms with van der Waals surface area (Å²) in [4.78, 5) is 46.6. The van der Waals surface area contributed by atoms with Gasteiger partial charge in [-0.25, -0.2) is 4.57 Å². The molecule has 0 fully saturated rings. The van der Waals surface area contributed by atoms with Crippen LogP contribution in [0.3, 0.4) is 0 Å². The Morgan fingerprint density at radius 2 is 0.706 bits per heavy atom. The largest absolute Gasteiger partial charge is 0.466 e. The summed E-state index contributed by atoms with van der Waals surface area (Å²) in [7, 11) is -4.64. The summed E-state index contributed by atoms with van der Waals surface area (Å²) in [6.45, 7) is 0. The first-order chi connectivity index (χ1) is 7.20. The second-order valence-electron chi connectivity index (χ2n) is 1.23. The molecule has 0 aromatic heterocycles. The number of phosphoric acid groups is 1. The van der Waals surface area contributed by atoms with Gasteiger partial charge in [0, 0.05) is 0 Å². The number of hydrogen-bond donors (Lipinski definition) is 6. The van der Waals surface area contributed by atoms with E-state index in [2.05, 4.69) is 0 Å². The molecule has 17 heavy (non-hydrogen) atoms. The van der Waals surface area contributed by atoms with Crippen LogP contribution in [0.25, 0.3) is 0 Å². The minimum atomic E-state index is -4.64.